The lowest BCUT2D eigenvalue weighted by atomic mass is 10.0. The smallest absolute Gasteiger partial charge is 0.149 e. The van der Waals surface area contributed by atoms with Gasteiger partial charge in [-0.1, -0.05) is 40.2 Å². The first-order valence-electron chi connectivity index (χ1n) is 7.04. The molecule has 2 aromatic rings. The van der Waals surface area contributed by atoms with Crippen LogP contribution in [-0.4, -0.2) is 13.1 Å². The molecule has 0 saturated carbocycles. The molecule has 0 spiro atoms. The molecular weight excluding hydrogens is 336 g/mol. The number of alkyl halides is 1. The number of fused-ring (bicyclic) bond motifs is 1. The van der Waals surface area contributed by atoms with E-state index in [0.717, 1.165) is 12.8 Å². The molecule has 1 heterocycles. The summed E-state index contributed by atoms with van der Waals surface area (Å²) in [5.41, 5.74) is 3.27. The predicted octanol–water partition coefficient (Wildman–Crippen LogP) is 4.46. The lowest BCUT2D eigenvalue weighted by Gasteiger charge is -2.24. The van der Waals surface area contributed by atoms with Crippen molar-refractivity contribution in [3.05, 3.63) is 64.7 Å². The fraction of sp³-hybridized carbons (Fsp3) is 0.294. The Bertz CT molecular complexity index is 607. The van der Waals surface area contributed by atoms with Gasteiger partial charge >= 0.3 is 0 Å². The number of hydrogen-bond acceptors (Lipinski definition) is 1. The Labute approximate surface area is 131 Å². The zero-order valence-corrected chi connectivity index (χ0v) is 13.2. The third kappa shape index (κ3) is 2.95. The summed E-state index contributed by atoms with van der Waals surface area (Å²) in [7, 11) is 0. The number of hydrogen-bond donors (Lipinski definition) is 0. The lowest BCUT2D eigenvalue weighted by Crippen LogP contribution is -2.28. The van der Waals surface area contributed by atoms with Crippen LogP contribution in [0.15, 0.2) is 36.4 Å². The fourth-order valence-corrected chi connectivity index (χ4v) is 3.21. The third-order valence-corrected chi connectivity index (χ3v) is 4.62. The quantitative estimate of drug-likeness (QED) is 0.721. The van der Waals surface area contributed by atoms with Crippen LogP contribution in [0, 0.1) is 11.6 Å². The van der Waals surface area contributed by atoms with Crippen LogP contribution in [-0.2, 0) is 18.2 Å². The SMILES string of the molecule is Fc1cc(CBr)cc(F)c1N1CCc2ccccc2CC1. The van der Waals surface area contributed by atoms with Crippen LogP contribution in [0.3, 0.4) is 0 Å². The van der Waals surface area contributed by atoms with Crippen LogP contribution in [0.5, 0.6) is 0 Å². The highest BCUT2D eigenvalue weighted by molar-refractivity contribution is 9.08. The van der Waals surface area contributed by atoms with Crippen molar-refractivity contribution in [3.8, 4) is 0 Å². The lowest BCUT2D eigenvalue weighted by molar-refractivity contribution is 0.569. The van der Waals surface area contributed by atoms with Crippen molar-refractivity contribution in [2.24, 2.45) is 0 Å². The van der Waals surface area contributed by atoms with Gasteiger partial charge in [0.25, 0.3) is 0 Å². The minimum absolute atomic E-state index is 0.104. The van der Waals surface area contributed by atoms with E-state index >= 15 is 0 Å². The second-order valence-corrected chi connectivity index (χ2v) is 5.86. The molecule has 0 aromatic heterocycles. The zero-order chi connectivity index (χ0) is 14.8. The first-order chi connectivity index (χ1) is 10.2. The normalized spacial score (nSPS) is 14.7. The van der Waals surface area contributed by atoms with Gasteiger partial charge in [0.2, 0.25) is 0 Å². The molecular formula is C17H16BrF2N. The maximum atomic E-state index is 14.2. The number of benzene rings is 2. The average Bonchev–Trinajstić information content (AvgIpc) is 2.69. The molecule has 0 saturated heterocycles. The average molecular weight is 352 g/mol. The topological polar surface area (TPSA) is 3.24 Å². The van der Waals surface area contributed by atoms with Crippen molar-refractivity contribution in [1.82, 2.24) is 0 Å². The Kier molecular flexibility index (Phi) is 4.24. The second-order valence-electron chi connectivity index (χ2n) is 5.30. The zero-order valence-electron chi connectivity index (χ0n) is 11.6. The summed E-state index contributed by atoms with van der Waals surface area (Å²) in [5, 5.41) is 0.451. The van der Waals surface area contributed by atoms with Gasteiger partial charge in [-0.15, -0.1) is 0 Å². The minimum Gasteiger partial charge on any atom is -0.366 e. The molecule has 0 aliphatic carbocycles. The molecule has 0 N–H and O–H groups in total. The van der Waals surface area contributed by atoms with Crippen molar-refractivity contribution in [2.75, 3.05) is 18.0 Å². The molecule has 1 aliphatic rings. The van der Waals surface area contributed by atoms with Gasteiger partial charge in [-0.3, -0.25) is 0 Å². The summed E-state index contributed by atoms with van der Waals surface area (Å²) in [4.78, 5) is 1.82. The van der Waals surface area contributed by atoms with Crippen molar-refractivity contribution < 1.29 is 8.78 Å². The van der Waals surface area contributed by atoms with Gasteiger partial charge in [-0.05, 0) is 41.7 Å². The molecule has 0 radical (unpaired) electrons. The highest BCUT2D eigenvalue weighted by atomic mass is 79.9. The summed E-state index contributed by atoms with van der Waals surface area (Å²) in [5.74, 6) is -0.953. The molecule has 0 atom stereocenters. The largest absolute Gasteiger partial charge is 0.366 e. The van der Waals surface area contributed by atoms with Crippen LogP contribution in [0.1, 0.15) is 16.7 Å². The summed E-state index contributed by atoms with van der Waals surface area (Å²) < 4.78 is 28.5. The van der Waals surface area contributed by atoms with Crippen LogP contribution >= 0.6 is 15.9 Å². The van der Waals surface area contributed by atoms with Gasteiger partial charge in [0.1, 0.15) is 17.3 Å². The summed E-state index contributed by atoms with van der Waals surface area (Å²) in [6.45, 7) is 1.27. The van der Waals surface area contributed by atoms with E-state index in [2.05, 4.69) is 28.1 Å². The number of rotatable bonds is 2. The van der Waals surface area contributed by atoms with Crippen molar-refractivity contribution >= 4 is 21.6 Å². The minimum atomic E-state index is -0.476. The molecule has 0 amide bonds. The van der Waals surface area contributed by atoms with E-state index in [0.29, 0.717) is 24.0 Å². The number of nitrogens with zero attached hydrogens (tertiary/aromatic N) is 1. The van der Waals surface area contributed by atoms with Crippen molar-refractivity contribution in [1.29, 1.82) is 0 Å². The van der Waals surface area contributed by atoms with E-state index in [1.165, 1.54) is 23.3 Å². The Morgan fingerprint density at radius 2 is 1.48 bits per heavy atom. The molecule has 4 heteroatoms. The van der Waals surface area contributed by atoms with Crippen LogP contribution in [0.2, 0.25) is 0 Å². The number of halogens is 3. The predicted molar refractivity (Wildman–Crippen MR) is 85.1 cm³/mol. The van der Waals surface area contributed by atoms with Crippen LogP contribution in [0.25, 0.3) is 0 Å². The molecule has 0 unspecified atom stereocenters. The van der Waals surface area contributed by atoms with Gasteiger partial charge in [0.15, 0.2) is 0 Å². The van der Waals surface area contributed by atoms with E-state index < -0.39 is 11.6 Å². The van der Waals surface area contributed by atoms with E-state index in [-0.39, 0.29) is 5.69 Å². The first-order valence-corrected chi connectivity index (χ1v) is 8.17. The van der Waals surface area contributed by atoms with Gasteiger partial charge in [-0.25, -0.2) is 8.78 Å². The molecule has 1 aliphatic heterocycles. The first kappa shape index (κ1) is 14.5. The Hall–Kier alpha value is -1.42. The number of anilines is 1. The van der Waals surface area contributed by atoms with E-state index in [1.54, 1.807) is 0 Å². The highest BCUT2D eigenvalue weighted by Crippen LogP contribution is 2.28. The highest BCUT2D eigenvalue weighted by Gasteiger charge is 2.20. The van der Waals surface area contributed by atoms with E-state index in [1.807, 2.05) is 17.0 Å². The monoisotopic (exact) mass is 351 g/mol. The van der Waals surface area contributed by atoms with Crippen molar-refractivity contribution in [3.63, 3.8) is 0 Å². The fourth-order valence-electron chi connectivity index (χ4n) is 2.89. The Balaban J connectivity index is 1.89. The summed E-state index contributed by atoms with van der Waals surface area (Å²) in [6.07, 6.45) is 1.63. The molecule has 0 fully saturated rings. The third-order valence-electron chi connectivity index (χ3n) is 3.97. The summed E-state index contributed by atoms with van der Waals surface area (Å²) in [6, 6.07) is 11.0. The Morgan fingerprint density at radius 1 is 0.952 bits per heavy atom. The molecule has 0 bridgehead atoms. The van der Waals surface area contributed by atoms with Gasteiger partial charge in [-0.2, -0.15) is 0 Å². The van der Waals surface area contributed by atoms with Crippen molar-refractivity contribution in [2.45, 2.75) is 18.2 Å². The molecule has 3 rings (SSSR count). The van der Waals surface area contributed by atoms with E-state index in [4.69, 9.17) is 0 Å². The van der Waals surface area contributed by atoms with Crippen LogP contribution < -0.4 is 4.90 Å². The standard InChI is InChI=1S/C17H16BrF2N/c18-11-12-9-15(19)17(16(20)10-12)21-7-5-13-3-1-2-4-14(13)6-8-21/h1-4,9-10H,5-8,11H2. The Morgan fingerprint density at radius 3 is 1.95 bits per heavy atom. The van der Waals surface area contributed by atoms with Gasteiger partial charge in [0.05, 0.1) is 0 Å². The van der Waals surface area contributed by atoms with Crippen LogP contribution in [0.4, 0.5) is 14.5 Å². The maximum Gasteiger partial charge on any atom is 0.149 e. The molecule has 21 heavy (non-hydrogen) atoms. The molecule has 2 aromatic carbocycles. The summed E-state index contributed by atoms with van der Waals surface area (Å²) >= 11 is 3.23. The van der Waals surface area contributed by atoms with Gasteiger partial charge in [0, 0.05) is 18.4 Å². The maximum absolute atomic E-state index is 14.2. The second kappa shape index (κ2) is 6.14. The molecule has 1 nitrogen and oxygen atoms in total. The molecule has 110 valence electrons. The van der Waals surface area contributed by atoms with E-state index in [9.17, 15) is 8.78 Å². The van der Waals surface area contributed by atoms with Gasteiger partial charge < -0.3 is 4.90 Å².